The number of halogens is 1. The Morgan fingerprint density at radius 2 is 1.67 bits per heavy atom. The molecule has 0 heterocycles. The minimum Gasteiger partial charge on any atom is -0.349 e. The van der Waals surface area contributed by atoms with E-state index in [1.807, 2.05) is 45.0 Å². The molecular weight excluding hydrogens is 328 g/mol. The van der Waals surface area contributed by atoms with Crippen LogP contribution in [-0.4, -0.2) is 36.5 Å². The lowest BCUT2D eigenvalue weighted by atomic mass is 10.1. The maximum atomic E-state index is 12.0. The zero-order valence-electron chi connectivity index (χ0n) is 14.8. The third-order valence-electron chi connectivity index (χ3n) is 3.87. The number of carbonyl (C=O) groups excluding carboxylic acids is 2. The smallest absolute Gasteiger partial charge is 0.321 e. The van der Waals surface area contributed by atoms with Crippen molar-refractivity contribution < 1.29 is 9.59 Å². The molecule has 4 N–H and O–H groups in total. The van der Waals surface area contributed by atoms with E-state index in [-0.39, 0.29) is 36.3 Å². The number of nitrogens with one attached hydrogen (secondary N) is 2. The summed E-state index contributed by atoms with van der Waals surface area (Å²) in [4.78, 5) is 25.6. The molecule has 3 amide bonds. The first kappa shape index (κ1) is 22.2. The van der Waals surface area contributed by atoms with Crippen LogP contribution in [0.15, 0.2) is 24.3 Å². The first-order chi connectivity index (χ1) is 10.9. The van der Waals surface area contributed by atoms with E-state index in [2.05, 4.69) is 10.6 Å². The number of hydrogen-bond donors (Lipinski definition) is 3. The molecule has 0 aliphatic carbocycles. The molecule has 0 radical (unpaired) electrons. The Bertz CT molecular complexity index is 518. The molecule has 0 spiro atoms. The molecule has 2 atom stereocenters. The van der Waals surface area contributed by atoms with Crippen LogP contribution in [0.25, 0.3) is 0 Å². The number of nitrogens with zero attached hydrogens (tertiary/aromatic N) is 1. The van der Waals surface area contributed by atoms with E-state index in [4.69, 9.17) is 5.73 Å². The average molecular weight is 357 g/mol. The van der Waals surface area contributed by atoms with Gasteiger partial charge in [0, 0.05) is 31.2 Å². The summed E-state index contributed by atoms with van der Waals surface area (Å²) in [5, 5.41) is 5.79. The third-order valence-corrected chi connectivity index (χ3v) is 3.87. The highest BCUT2D eigenvalue weighted by molar-refractivity contribution is 5.89. The highest BCUT2D eigenvalue weighted by Gasteiger charge is 2.15. The van der Waals surface area contributed by atoms with Crippen molar-refractivity contribution in [3.8, 4) is 0 Å². The van der Waals surface area contributed by atoms with E-state index in [1.165, 1.54) is 0 Å². The molecule has 6 nitrogen and oxygen atoms in total. The van der Waals surface area contributed by atoms with Gasteiger partial charge in [0.2, 0.25) is 5.91 Å². The molecule has 136 valence electrons. The second-order valence-corrected chi connectivity index (χ2v) is 5.59. The Balaban J connectivity index is 0.00000529. The predicted octanol–water partition coefficient (Wildman–Crippen LogP) is 2.75. The Labute approximate surface area is 150 Å². The second kappa shape index (κ2) is 10.9. The number of amides is 3. The maximum Gasteiger partial charge on any atom is 0.321 e. The molecule has 0 aliphatic heterocycles. The molecule has 0 saturated carbocycles. The number of nitrogens with two attached hydrogens (primary N) is 1. The summed E-state index contributed by atoms with van der Waals surface area (Å²) in [6.45, 7) is 9.27. The molecule has 0 bridgehead atoms. The first-order valence-electron chi connectivity index (χ1n) is 8.09. The average Bonchev–Trinajstić information content (AvgIpc) is 2.55. The van der Waals surface area contributed by atoms with Gasteiger partial charge in [0.05, 0.1) is 6.04 Å². The lowest BCUT2D eigenvalue weighted by Gasteiger charge is -2.20. The van der Waals surface area contributed by atoms with Crippen LogP contribution in [0.1, 0.15) is 39.3 Å². The number of hydrogen-bond acceptors (Lipinski definition) is 3. The second-order valence-electron chi connectivity index (χ2n) is 5.59. The maximum absolute atomic E-state index is 12.0. The van der Waals surface area contributed by atoms with Gasteiger partial charge < -0.3 is 21.3 Å². The van der Waals surface area contributed by atoms with Crippen molar-refractivity contribution in [1.29, 1.82) is 0 Å². The van der Waals surface area contributed by atoms with Gasteiger partial charge in [0.15, 0.2) is 0 Å². The fourth-order valence-electron chi connectivity index (χ4n) is 2.11. The van der Waals surface area contributed by atoms with E-state index < -0.39 is 0 Å². The summed E-state index contributed by atoms with van der Waals surface area (Å²) >= 11 is 0. The number of carbonyl (C=O) groups is 2. The molecule has 7 heteroatoms. The lowest BCUT2D eigenvalue weighted by molar-refractivity contribution is -0.124. The predicted molar refractivity (Wildman–Crippen MR) is 100 cm³/mol. The minimum atomic E-state index is -0.204. The van der Waals surface area contributed by atoms with E-state index in [9.17, 15) is 9.59 Å². The molecule has 24 heavy (non-hydrogen) atoms. The van der Waals surface area contributed by atoms with Crippen LogP contribution in [0.3, 0.4) is 0 Å². The van der Waals surface area contributed by atoms with Gasteiger partial charge in [-0.3, -0.25) is 4.79 Å². The third kappa shape index (κ3) is 6.37. The van der Waals surface area contributed by atoms with Crippen LogP contribution >= 0.6 is 12.4 Å². The van der Waals surface area contributed by atoms with E-state index in [0.717, 1.165) is 11.3 Å². The fourth-order valence-corrected chi connectivity index (χ4v) is 2.11. The van der Waals surface area contributed by atoms with Crippen molar-refractivity contribution in [2.45, 2.75) is 33.7 Å². The molecule has 0 aliphatic rings. The SMILES string of the molecule is CCN(CC)C(=O)Nc1ccc(C(C)NC(=O)C(C)CN)cc1.Cl. The van der Waals surface area contributed by atoms with Gasteiger partial charge in [0.25, 0.3) is 0 Å². The van der Waals surface area contributed by atoms with Gasteiger partial charge in [-0.15, -0.1) is 12.4 Å². The van der Waals surface area contributed by atoms with Gasteiger partial charge in [-0.05, 0) is 38.5 Å². The number of urea groups is 1. The summed E-state index contributed by atoms with van der Waals surface area (Å²) in [6.07, 6.45) is 0. The fraction of sp³-hybridized carbons (Fsp3) is 0.529. The van der Waals surface area contributed by atoms with Gasteiger partial charge in [0.1, 0.15) is 0 Å². The number of anilines is 1. The molecule has 1 rings (SSSR count). The molecule has 0 fully saturated rings. The summed E-state index contributed by atoms with van der Waals surface area (Å²) < 4.78 is 0. The highest BCUT2D eigenvalue weighted by Crippen LogP contribution is 2.17. The van der Waals surface area contributed by atoms with Gasteiger partial charge in [-0.25, -0.2) is 4.79 Å². The van der Waals surface area contributed by atoms with Gasteiger partial charge in [-0.2, -0.15) is 0 Å². The van der Waals surface area contributed by atoms with Gasteiger partial charge >= 0.3 is 6.03 Å². The molecule has 1 aromatic carbocycles. The largest absolute Gasteiger partial charge is 0.349 e. The Kier molecular flexibility index (Phi) is 10.1. The molecule has 0 aromatic heterocycles. The standard InChI is InChI=1S/C17H28N4O2.ClH/c1-5-21(6-2)17(23)20-15-9-7-14(8-10-15)13(4)19-16(22)12(3)11-18;/h7-10,12-13H,5-6,11,18H2,1-4H3,(H,19,22)(H,20,23);1H. The Hall–Kier alpha value is -1.79. The van der Waals surface area contributed by atoms with Crippen molar-refractivity contribution >= 4 is 30.0 Å². The molecule has 1 aromatic rings. The topological polar surface area (TPSA) is 87.5 Å². The van der Waals surface area contributed by atoms with Crippen LogP contribution in [0, 0.1) is 5.92 Å². The van der Waals surface area contributed by atoms with Crippen molar-refractivity contribution in [2.75, 3.05) is 25.0 Å². The van der Waals surface area contributed by atoms with E-state index in [0.29, 0.717) is 19.6 Å². The zero-order valence-corrected chi connectivity index (χ0v) is 15.7. The van der Waals surface area contributed by atoms with Crippen LogP contribution in [-0.2, 0) is 4.79 Å². The van der Waals surface area contributed by atoms with Crippen LogP contribution in [0.5, 0.6) is 0 Å². The van der Waals surface area contributed by atoms with Crippen LogP contribution in [0.2, 0.25) is 0 Å². The van der Waals surface area contributed by atoms with Crippen molar-refractivity contribution in [3.05, 3.63) is 29.8 Å². The Morgan fingerprint density at radius 1 is 1.12 bits per heavy atom. The molecular formula is C17H29ClN4O2. The summed E-state index contributed by atoms with van der Waals surface area (Å²) in [7, 11) is 0. The lowest BCUT2D eigenvalue weighted by Crippen LogP contribution is -2.35. The summed E-state index contributed by atoms with van der Waals surface area (Å²) in [5.41, 5.74) is 7.21. The highest BCUT2D eigenvalue weighted by atomic mass is 35.5. The molecule has 2 unspecified atom stereocenters. The van der Waals surface area contributed by atoms with Crippen molar-refractivity contribution in [1.82, 2.24) is 10.2 Å². The van der Waals surface area contributed by atoms with Crippen molar-refractivity contribution in [2.24, 2.45) is 11.7 Å². The first-order valence-corrected chi connectivity index (χ1v) is 8.09. The Morgan fingerprint density at radius 3 is 2.12 bits per heavy atom. The molecule has 0 saturated heterocycles. The summed E-state index contributed by atoms with van der Waals surface area (Å²) in [6, 6.07) is 7.26. The minimum absolute atomic E-state index is 0. The zero-order chi connectivity index (χ0) is 17.4. The monoisotopic (exact) mass is 356 g/mol. The van der Waals surface area contributed by atoms with E-state index in [1.54, 1.807) is 11.8 Å². The van der Waals surface area contributed by atoms with Crippen LogP contribution < -0.4 is 16.4 Å². The quantitative estimate of drug-likeness (QED) is 0.702. The normalized spacial score (nSPS) is 12.5. The summed E-state index contributed by atoms with van der Waals surface area (Å²) in [5.74, 6) is -0.260. The van der Waals surface area contributed by atoms with Crippen LogP contribution in [0.4, 0.5) is 10.5 Å². The number of rotatable bonds is 7. The van der Waals surface area contributed by atoms with E-state index >= 15 is 0 Å². The van der Waals surface area contributed by atoms with Gasteiger partial charge in [-0.1, -0.05) is 19.1 Å². The number of benzene rings is 1. The van der Waals surface area contributed by atoms with Crippen molar-refractivity contribution in [3.63, 3.8) is 0 Å².